The number of allylic oxidation sites excluding steroid dienone is 1. The van der Waals surface area contributed by atoms with Crippen LogP contribution in [0.4, 0.5) is 4.79 Å². The van der Waals surface area contributed by atoms with Crippen LogP contribution in [-0.4, -0.2) is 76.5 Å². The van der Waals surface area contributed by atoms with E-state index in [1.807, 2.05) is 60.4 Å². The number of fused-ring (bicyclic) bond motifs is 1. The summed E-state index contributed by atoms with van der Waals surface area (Å²) < 4.78 is 0. The number of amides is 3. The summed E-state index contributed by atoms with van der Waals surface area (Å²) in [7, 11) is 3.49. The number of urea groups is 1. The Hall–Kier alpha value is -2.68. The van der Waals surface area contributed by atoms with Crippen LogP contribution in [0.5, 0.6) is 0 Å². The molecule has 212 valence electrons. The van der Waals surface area contributed by atoms with Crippen molar-refractivity contribution in [1.29, 1.82) is 0 Å². The molecule has 3 aliphatic heterocycles. The molecule has 0 spiro atoms. The molecule has 0 unspecified atom stereocenters. The summed E-state index contributed by atoms with van der Waals surface area (Å²) in [5.41, 5.74) is 2.48. The zero-order chi connectivity index (χ0) is 28.9. The molecule has 0 aliphatic carbocycles. The van der Waals surface area contributed by atoms with Crippen LogP contribution in [0.1, 0.15) is 44.9 Å². The third kappa shape index (κ3) is 4.88. The van der Waals surface area contributed by atoms with Crippen molar-refractivity contribution >= 4 is 52.1 Å². The van der Waals surface area contributed by atoms with E-state index in [1.165, 1.54) is 11.8 Å². The second-order valence-electron chi connectivity index (χ2n) is 11.2. The minimum absolute atomic E-state index is 0.00157. The van der Waals surface area contributed by atoms with Gasteiger partial charge in [0.15, 0.2) is 5.17 Å². The van der Waals surface area contributed by atoms with Crippen molar-refractivity contribution in [1.82, 2.24) is 19.6 Å². The maximum Gasteiger partial charge on any atom is 0.319 e. The summed E-state index contributed by atoms with van der Waals surface area (Å²) in [4.78, 5) is 40.0. The zero-order valence-electron chi connectivity index (χ0n) is 23.7. The van der Waals surface area contributed by atoms with Crippen molar-refractivity contribution in [3.05, 3.63) is 80.3 Å². The zero-order valence-corrected chi connectivity index (χ0v) is 26.0. The molecule has 0 saturated carbocycles. The Morgan fingerprint density at radius 2 is 1.62 bits per heavy atom. The van der Waals surface area contributed by atoms with Gasteiger partial charge in [-0.1, -0.05) is 61.3 Å². The maximum absolute atomic E-state index is 14.1. The lowest BCUT2D eigenvalue weighted by molar-refractivity contribution is -0.131. The minimum atomic E-state index is -0.610. The highest BCUT2D eigenvalue weighted by Crippen LogP contribution is 2.56. The molecule has 5 rings (SSSR count). The molecule has 40 heavy (non-hydrogen) atoms. The van der Waals surface area contributed by atoms with Crippen molar-refractivity contribution < 1.29 is 9.59 Å². The monoisotopic (exact) mass is 599 g/mol. The van der Waals surface area contributed by atoms with Gasteiger partial charge in [0.05, 0.1) is 12.1 Å². The molecule has 1 fully saturated rings. The Morgan fingerprint density at radius 1 is 1.05 bits per heavy atom. The van der Waals surface area contributed by atoms with Crippen LogP contribution >= 0.6 is 35.0 Å². The van der Waals surface area contributed by atoms with E-state index in [9.17, 15) is 9.59 Å². The molecule has 2 aromatic rings. The molecule has 3 amide bonds. The molecule has 7 nitrogen and oxygen atoms in total. The number of likely N-dealkylation sites (tertiary alicyclic amines) is 1. The van der Waals surface area contributed by atoms with Gasteiger partial charge in [-0.05, 0) is 66.9 Å². The third-order valence-corrected chi connectivity index (χ3v) is 9.49. The Morgan fingerprint density at radius 3 is 2.15 bits per heavy atom. The molecule has 3 heterocycles. The van der Waals surface area contributed by atoms with Crippen LogP contribution in [0, 0.1) is 5.92 Å². The van der Waals surface area contributed by atoms with E-state index in [0.29, 0.717) is 34.6 Å². The smallest absolute Gasteiger partial charge is 0.319 e. The van der Waals surface area contributed by atoms with Crippen LogP contribution in [0.3, 0.4) is 0 Å². The van der Waals surface area contributed by atoms with Crippen molar-refractivity contribution in [3.63, 3.8) is 0 Å². The molecular weight excluding hydrogens is 565 g/mol. The van der Waals surface area contributed by atoms with E-state index < -0.39 is 5.54 Å². The standard InChI is InChI=1S/C30H35Cl2N5O2S/c1-7-36(23-16-35(17-23)29(39)34(5)6)27(38)25-24(18(2)3)37-26(19-8-12-21(31)13-9-19)30(4,33-28(37)40-25)20-10-14-22(32)15-11-20/h8-15,18,23,26H,7,16-17H2,1-6H3/t26-,30+/m1/s1. The number of halogens is 2. The normalized spacial score (nSPS) is 22.4. The quantitative estimate of drug-likeness (QED) is 0.383. The highest BCUT2D eigenvalue weighted by Gasteiger charge is 2.53. The van der Waals surface area contributed by atoms with Crippen LogP contribution in [0.15, 0.2) is 64.1 Å². The highest BCUT2D eigenvalue weighted by molar-refractivity contribution is 8.18. The second kappa shape index (κ2) is 11.0. The maximum atomic E-state index is 14.1. The van der Waals surface area contributed by atoms with Crippen molar-refractivity contribution in [3.8, 4) is 0 Å². The van der Waals surface area contributed by atoms with Gasteiger partial charge in [0, 0.05) is 49.5 Å². The lowest BCUT2D eigenvalue weighted by atomic mass is 9.81. The molecule has 2 aromatic carbocycles. The summed E-state index contributed by atoms with van der Waals surface area (Å²) in [6.07, 6.45) is 0. The first kappa shape index (κ1) is 28.8. The molecular formula is C30H35Cl2N5O2S. The number of amidine groups is 1. The van der Waals surface area contributed by atoms with Crippen molar-refractivity contribution in [2.75, 3.05) is 33.7 Å². The van der Waals surface area contributed by atoms with E-state index >= 15 is 0 Å². The predicted octanol–water partition coefficient (Wildman–Crippen LogP) is 6.45. The number of benzene rings is 2. The molecule has 0 N–H and O–H groups in total. The first-order valence-corrected chi connectivity index (χ1v) is 15.1. The van der Waals surface area contributed by atoms with Gasteiger partial charge in [-0.3, -0.25) is 4.79 Å². The number of hydrogen-bond donors (Lipinski definition) is 0. The Balaban J connectivity index is 1.53. The molecule has 2 atom stereocenters. The van der Waals surface area contributed by atoms with E-state index in [-0.39, 0.29) is 29.9 Å². The van der Waals surface area contributed by atoms with E-state index in [2.05, 4.69) is 25.7 Å². The number of rotatable bonds is 6. The number of carbonyl (C=O) groups excluding carboxylic acids is 2. The predicted molar refractivity (Wildman–Crippen MR) is 164 cm³/mol. The molecule has 0 bridgehead atoms. The molecule has 1 saturated heterocycles. The van der Waals surface area contributed by atoms with Gasteiger partial charge in [0.2, 0.25) is 0 Å². The van der Waals surface area contributed by atoms with Gasteiger partial charge in [0.25, 0.3) is 5.91 Å². The number of nitrogens with zero attached hydrogens (tertiary/aromatic N) is 5. The number of aliphatic imine (C=N–C) groups is 1. The largest absolute Gasteiger partial charge is 0.332 e. The SMILES string of the molecule is CCN(C(=O)C1=C(C(C)C)N2C(=N[C@@](C)(c3ccc(Cl)cc3)[C@H]2c2ccc(Cl)cc2)S1)C1CN(C(=O)N(C)C)C1. The summed E-state index contributed by atoms with van der Waals surface area (Å²) in [6, 6.07) is 15.5. The number of carbonyl (C=O) groups is 2. The second-order valence-corrected chi connectivity index (χ2v) is 13.0. The molecule has 0 aromatic heterocycles. The summed E-state index contributed by atoms with van der Waals surface area (Å²) in [6.45, 7) is 10.0. The average molecular weight is 601 g/mol. The van der Waals surface area contributed by atoms with Crippen molar-refractivity contribution in [2.45, 2.75) is 45.3 Å². The fourth-order valence-electron chi connectivity index (χ4n) is 5.85. The highest BCUT2D eigenvalue weighted by atomic mass is 35.5. The Kier molecular flexibility index (Phi) is 7.89. The summed E-state index contributed by atoms with van der Waals surface area (Å²) >= 11 is 14.0. The van der Waals surface area contributed by atoms with Gasteiger partial charge in [0.1, 0.15) is 10.4 Å². The van der Waals surface area contributed by atoms with Crippen LogP contribution in [0.2, 0.25) is 10.0 Å². The lowest BCUT2D eigenvalue weighted by Gasteiger charge is -2.45. The minimum Gasteiger partial charge on any atom is -0.332 e. The van der Waals surface area contributed by atoms with Gasteiger partial charge in [-0.25, -0.2) is 9.79 Å². The first-order chi connectivity index (χ1) is 19.0. The number of thioether (sulfide) groups is 1. The molecule has 10 heteroatoms. The Labute approximate surface area is 250 Å². The van der Waals surface area contributed by atoms with E-state index in [0.717, 1.165) is 22.0 Å². The lowest BCUT2D eigenvalue weighted by Crippen LogP contribution is -2.63. The number of likely N-dealkylation sites (N-methyl/N-ethyl adjacent to an activating group) is 1. The molecule has 0 radical (unpaired) electrons. The fourth-order valence-corrected chi connectivity index (χ4v) is 7.47. The number of hydrogen-bond acceptors (Lipinski definition) is 5. The van der Waals surface area contributed by atoms with E-state index in [4.69, 9.17) is 28.2 Å². The molecule has 3 aliphatic rings. The van der Waals surface area contributed by atoms with Crippen molar-refractivity contribution in [2.24, 2.45) is 10.9 Å². The van der Waals surface area contributed by atoms with Crippen LogP contribution in [-0.2, 0) is 10.3 Å². The fraction of sp³-hybridized carbons (Fsp3) is 0.433. The summed E-state index contributed by atoms with van der Waals surface area (Å²) in [5.74, 6) is 0.0757. The first-order valence-electron chi connectivity index (χ1n) is 13.6. The van der Waals surface area contributed by atoms with Gasteiger partial charge < -0.3 is 19.6 Å². The van der Waals surface area contributed by atoms with Gasteiger partial charge >= 0.3 is 6.03 Å². The van der Waals surface area contributed by atoms with E-state index in [1.54, 1.807) is 23.9 Å². The van der Waals surface area contributed by atoms with Crippen LogP contribution in [0.25, 0.3) is 0 Å². The van der Waals surface area contributed by atoms with Gasteiger partial charge in [-0.2, -0.15) is 0 Å². The third-order valence-electron chi connectivity index (χ3n) is 7.92. The van der Waals surface area contributed by atoms with Gasteiger partial charge in [-0.15, -0.1) is 0 Å². The summed E-state index contributed by atoms with van der Waals surface area (Å²) in [5, 5.41) is 2.16. The average Bonchev–Trinajstić information content (AvgIpc) is 3.38. The van der Waals surface area contributed by atoms with Crippen LogP contribution < -0.4 is 0 Å². The Bertz CT molecular complexity index is 1370. The topological polar surface area (TPSA) is 59.5 Å².